The van der Waals surface area contributed by atoms with Crippen molar-refractivity contribution >= 4 is 5.82 Å². The van der Waals surface area contributed by atoms with Gasteiger partial charge in [0.05, 0.1) is 5.69 Å². The van der Waals surface area contributed by atoms with E-state index in [1.165, 1.54) is 22.9 Å². The molecule has 0 saturated heterocycles. The van der Waals surface area contributed by atoms with Gasteiger partial charge in [0.25, 0.3) is 0 Å². The summed E-state index contributed by atoms with van der Waals surface area (Å²) in [6.07, 6.45) is 0. The Morgan fingerprint density at radius 1 is 1.40 bits per heavy atom. The molecule has 15 heavy (non-hydrogen) atoms. The van der Waals surface area contributed by atoms with Gasteiger partial charge in [-0.15, -0.1) is 0 Å². The van der Waals surface area contributed by atoms with E-state index in [0.717, 1.165) is 0 Å². The SMILES string of the molecule is N#Cc1cc(N)n(-c2cccc(F)c2)n1. The Bertz CT molecular complexity index is 539. The Morgan fingerprint density at radius 2 is 2.20 bits per heavy atom. The van der Waals surface area contributed by atoms with Crippen LogP contribution in [0.4, 0.5) is 10.2 Å². The second-order valence-electron chi connectivity index (χ2n) is 2.96. The lowest BCUT2D eigenvalue weighted by Crippen LogP contribution is -2.01. The third kappa shape index (κ3) is 1.65. The average molecular weight is 202 g/mol. The van der Waals surface area contributed by atoms with E-state index in [-0.39, 0.29) is 11.5 Å². The molecule has 0 fully saturated rings. The summed E-state index contributed by atoms with van der Waals surface area (Å²) in [6, 6.07) is 9.14. The number of nitrogen functional groups attached to an aromatic ring is 1. The Labute approximate surface area is 85.4 Å². The fourth-order valence-electron chi connectivity index (χ4n) is 1.26. The van der Waals surface area contributed by atoms with Crippen molar-refractivity contribution in [1.82, 2.24) is 9.78 Å². The van der Waals surface area contributed by atoms with Crippen LogP contribution in [0.15, 0.2) is 30.3 Å². The molecule has 5 heteroatoms. The third-order valence-corrected chi connectivity index (χ3v) is 1.90. The van der Waals surface area contributed by atoms with Crippen LogP contribution in [0.25, 0.3) is 5.69 Å². The van der Waals surface area contributed by atoms with Crippen molar-refractivity contribution in [3.8, 4) is 11.8 Å². The molecule has 0 aliphatic rings. The van der Waals surface area contributed by atoms with Crippen molar-refractivity contribution in [3.63, 3.8) is 0 Å². The summed E-state index contributed by atoms with van der Waals surface area (Å²) >= 11 is 0. The van der Waals surface area contributed by atoms with Gasteiger partial charge < -0.3 is 5.73 Å². The first-order chi connectivity index (χ1) is 7.20. The van der Waals surface area contributed by atoms with Crippen LogP contribution >= 0.6 is 0 Å². The topological polar surface area (TPSA) is 67.6 Å². The third-order valence-electron chi connectivity index (χ3n) is 1.90. The summed E-state index contributed by atoms with van der Waals surface area (Å²) in [7, 11) is 0. The van der Waals surface area contributed by atoms with Gasteiger partial charge in [-0.2, -0.15) is 10.4 Å². The molecule has 1 aromatic heterocycles. The van der Waals surface area contributed by atoms with Crippen molar-refractivity contribution < 1.29 is 4.39 Å². The van der Waals surface area contributed by atoms with E-state index in [1.54, 1.807) is 12.1 Å². The summed E-state index contributed by atoms with van der Waals surface area (Å²) < 4.78 is 14.2. The maximum Gasteiger partial charge on any atom is 0.165 e. The van der Waals surface area contributed by atoms with Crippen molar-refractivity contribution in [1.29, 1.82) is 5.26 Å². The highest BCUT2D eigenvalue weighted by atomic mass is 19.1. The maximum atomic E-state index is 12.9. The number of nitriles is 1. The summed E-state index contributed by atoms with van der Waals surface area (Å²) in [5.41, 5.74) is 6.33. The van der Waals surface area contributed by atoms with E-state index in [2.05, 4.69) is 5.10 Å². The zero-order valence-electron chi connectivity index (χ0n) is 7.68. The molecule has 2 N–H and O–H groups in total. The van der Waals surface area contributed by atoms with Gasteiger partial charge in [-0.05, 0) is 18.2 Å². The van der Waals surface area contributed by atoms with Crippen molar-refractivity contribution in [3.05, 3.63) is 41.8 Å². The minimum Gasteiger partial charge on any atom is -0.384 e. The van der Waals surface area contributed by atoms with E-state index in [9.17, 15) is 4.39 Å². The average Bonchev–Trinajstić information content (AvgIpc) is 2.60. The van der Waals surface area contributed by atoms with Crippen LogP contribution in [-0.4, -0.2) is 9.78 Å². The second-order valence-corrected chi connectivity index (χ2v) is 2.96. The standard InChI is InChI=1S/C10H7FN4/c11-7-2-1-3-9(4-7)15-10(13)5-8(6-12)14-15/h1-5H,13H2. The van der Waals surface area contributed by atoms with E-state index in [0.29, 0.717) is 11.5 Å². The number of nitrogens with two attached hydrogens (primary N) is 1. The molecule has 0 bridgehead atoms. The zero-order valence-corrected chi connectivity index (χ0v) is 7.68. The summed E-state index contributed by atoms with van der Waals surface area (Å²) in [5, 5.41) is 12.5. The van der Waals surface area contributed by atoms with Crippen LogP contribution in [0.5, 0.6) is 0 Å². The van der Waals surface area contributed by atoms with Gasteiger partial charge in [0.2, 0.25) is 0 Å². The molecule has 4 nitrogen and oxygen atoms in total. The molecule has 1 heterocycles. The smallest absolute Gasteiger partial charge is 0.165 e. The first-order valence-electron chi connectivity index (χ1n) is 4.22. The van der Waals surface area contributed by atoms with Crippen LogP contribution < -0.4 is 5.73 Å². The Kier molecular flexibility index (Phi) is 2.10. The Morgan fingerprint density at radius 3 is 2.80 bits per heavy atom. The second kappa shape index (κ2) is 3.42. The highest BCUT2D eigenvalue weighted by molar-refractivity contribution is 5.45. The number of hydrogen-bond donors (Lipinski definition) is 1. The van der Waals surface area contributed by atoms with Gasteiger partial charge in [0.15, 0.2) is 5.69 Å². The first kappa shape index (κ1) is 9.21. The number of halogens is 1. The number of anilines is 1. The lowest BCUT2D eigenvalue weighted by molar-refractivity contribution is 0.625. The van der Waals surface area contributed by atoms with E-state index in [4.69, 9.17) is 11.0 Å². The summed E-state index contributed by atoms with van der Waals surface area (Å²) in [5.74, 6) is -0.0712. The van der Waals surface area contributed by atoms with Gasteiger partial charge in [-0.1, -0.05) is 6.07 Å². The fraction of sp³-hybridized carbons (Fsp3) is 0. The normalized spacial score (nSPS) is 9.87. The van der Waals surface area contributed by atoms with Gasteiger partial charge in [0.1, 0.15) is 17.7 Å². The molecule has 2 rings (SSSR count). The molecule has 1 aromatic carbocycles. The van der Waals surface area contributed by atoms with Crippen LogP contribution in [0.2, 0.25) is 0 Å². The molecule has 74 valence electrons. The first-order valence-corrected chi connectivity index (χ1v) is 4.22. The summed E-state index contributed by atoms with van der Waals surface area (Å²) in [4.78, 5) is 0. The quantitative estimate of drug-likeness (QED) is 0.761. The minimum atomic E-state index is -0.374. The predicted octanol–water partition coefficient (Wildman–Crippen LogP) is 1.47. The highest BCUT2D eigenvalue weighted by Gasteiger charge is 2.06. The molecule has 0 aliphatic carbocycles. The van der Waals surface area contributed by atoms with Gasteiger partial charge >= 0.3 is 0 Å². The van der Waals surface area contributed by atoms with Gasteiger partial charge in [-0.25, -0.2) is 9.07 Å². The van der Waals surface area contributed by atoms with E-state index in [1.807, 2.05) is 6.07 Å². The molecule has 0 amide bonds. The van der Waals surface area contributed by atoms with Gasteiger partial charge in [-0.3, -0.25) is 0 Å². The molecule has 2 aromatic rings. The lowest BCUT2D eigenvalue weighted by Gasteiger charge is -2.02. The fourth-order valence-corrected chi connectivity index (χ4v) is 1.26. The molecular formula is C10H7FN4. The van der Waals surface area contributed by atoms with E-state index >= 15 is 0 Å². The molecule has 0 radical (unpaired) electrons. The molecular weight excluding hydrogens is 195 g/mol. The lowest BCUT2D eigenvalue weighted by atomic mass is 10.3. The minimum absolute atomic E-state index is 0.205. The van der Waals surface area contributed by atoms with Crippen LogP contribution in [0.1, 0.15) is 5.69 Å². The van der Waals surface area contributed by atoms with Crippen molar-refractivity contribution in [2.75, 3.05) is 5.73 Å². The zero-order chi connectivity index (χ0) is 10.8. The molecule has 0 atom stereocenters. The predicted molar refractivity (Wildman–Crippen MR) is 52.6 cm³/mol. The Balaban J connectivity index is 2.54. The summed E-state index contributed by atoms with van der Waals surface area (Å²) in [6.45, 7) is 0. The monoisotopic (exact) mass is 202 g/mol. The van der Waals surface area contributed by atoms with Crippen molar-refractivity contribution in [2.24, 2.45) is 0 Å². The highest BCUT2D eigenvalue weighted by Crippen LogP contribution is 2.14. The van der Waals surface area contributed by atoms with Crippen LogP contribution in [-0.2, 0) is 0 Å². The number of rotatable bonds is 1. The number of aromatic nitrogens is 2. The Hall–Kier alpha value is -2.35. The van der Waals surface area contributed by atoms with Gasteiger partial charge in [0, 0.05) is 6.07 Å². The van der Waals surface area contributed by atoms with Crippen molar-refractivity contribution in [2.45, 2.75) is 0 Å². The number of benzene rings is 1. The molecule has 0 unspecified atom stereocenters. The maximum absolute atomic E-state index is 12.9. The van der Waals surface area contributed by atoms with E-state index < -0.39 is 0 Å². The van der Waals surface area contributed by atoms with Crippen LogP contribution in [0, 0.1) is 17.1 Å². The number of hydrogen-bond acceptors (Lipinski definition) is 3. The molecule has 0 aliphatic heterocycles. The molecule has 0 saturated carbocycles. The number of nitrogens with zero attached hydrogens (tertiary/aromatic N) is 3. The largest absolute Gasteiger partial charge is 0.384 e. The van der Waals surface area contributed by atoms with Crippen LogP contribution in [0.3, 0.4) is 0 Å². The molecule has 0 spiro atoms.